The van der Waals surface area contributed by atoms with Crippen LogP contribution < -0.4 is 0 Å². The molecule has 0 saturated carbocycles. The van der Waals surface area contributed by atoms with Crippen molar-refractivity contribution in [1.82, 2.24) is 0 Å². The van der Waals surface area contributed by atoms with Crippen molar-refractivity contribution in [2.75, 3.05) is 5.75 Å². The zero-order chi connectivity index (χ0) is 11.2. The summed E-state index contributed by atoms with van der Waals surface area (Å²) in [6.07, 6.45) is 1.37. The number of rotatable bonds is 6. The van der Waals surface area contributed by atoms with Crippen LogP contribution in [0.5, 0.6) is 0 Å². The van der Waals surface area contributed by atoms with Crippen LogP contribution in [0.1, 0.15) is 33.6 Å². The van der Waals surface area contributed by atoms with Crippen LogP contribution in [0.4, 0.5) is 0 Å². The molecule has 0 aliphatic heterocycles. The first-order chi connectivity index (χ1) is 6.43. The molecule has 80 valence electrons. The summed E-state index contributed by atoms with van der Waals surface area (Å²) in [5.74, 6) is -0.0296. The summed E-state index contributed by atoms with van der Waals surface area (Å²) in [6, 6.07) is 2.20. The van der Waals surface area contributed by atoms with E-state index >= 15 is 0 Å². The van der Waals surface area contributed by atoms with Gasteiger partial charge in [-0.15, -0.1) is 11.8 Å². The Kier molecular flexibility index (Phi) is 5.63. The van der Waals surface area contributed by atoms with E-state index in [2.05, 4.69) is 6.07 Å². The smallest absolute Gasteiger partial charge is 0.316 e. The van der Waals surface area contributed by atoms with Crippen molar-refractivity contribution in [2.24, 2.45) is 5.41 Å². The van der Waals surface area contributed by atoms with Gasteiger partial charge in [-0.3, -0.25) is 4.79 Å². The molecule has 1 atom stereocenters. The number of carboxylic acids is 1. The van der Waals surface area contributed by atoms with Gasteiger partial charge in [-0.2, -0.15) is 5.26 Å². The Bertz CT molecular complexity index is 233. The van der Waals surface area contributed by atoms with Crippen molar-refractivity contribution in [2.45, 2.75) is 38.9 Å². The summed E-state index contributed by atoms with van der Waals surface area (Å²) < 4.78 is 0. The Labute approximate surface area is 89.5 Å². The maximum absolute atomic E-state index is 10.7. The summed E-state index contributed by atoms with van der Waals surface area (Å²) in [6.45, 7) is 5.60. The van der Waals surface area contributed by atoms with Crippen LogP contribution >= 0.6 is 11.8 Å². The fourth-order valence-corrected chi connectivity index (χ4v) is 2.17. The molecule has 0 aromatic carbocycles. The number of thioether (sulfide) groups is 1. The van der Waals surface area contributed by atoms with Crippen LogP contribution in [-0.2, 0) is 4.79 Å². The largest absolute Gasteiger partial charge is 0.480 e. The molecule has 0 aromatic rings. The van der Waals surface area contributed by atoms with E-state index in [9.17, 15) is 4.79 Å². The van der Waals surface area contributed by atoms with Gasteiger partial charge in [0.15, 0.2) is 0 Å². The lowest BCUT2D eigenvalue weighted by Gasteiger charge is -2.16. The van der Waals surface area contributed by atoms with E-state index in [1.54, 1.807) is 0 Å². The number of nitrogens with zero attached hydrogens (tertiary/aromatic N) is 1. The Morgan fingerprint density at radius 3 is 2.57 bits per heavy atom. The van der Waals surface area contributed by atoms with Crippen molar-refractivity contribution in [3.8, 4) is 6.07 Å². The quantitative estimate of drug-likeness (QED) is 0.739. The van der Waals surface area contributed by atoms with Gasteiger partial charge in [-0.1, -0.05) is 6.92 Å². The van der Waals surface area contributed by atoms with Crippen molar-refractivity contribution >= 4 is 17.7 Å². The molecule has 0 heterocycles. The van der Waals surface area contributed by atoms with E-state index in [1.165, 1.54) is 11.8 Å². The minimum absolute atomic E-state index is 0.329. The van der Waals surface area contributed by atoms with Crippen molar-refractivity contribution in [1.29, 1.82) is 5.26 Å². The van der Waals surface area contributed by atoms with Crippen LogP contribution in [-0.4, -0.2) is 22.1 Å². The fraction of sp³-hybridized carbons (Fsp3) is 0.800. The highest BCUT2D eigenvalue weighted by Crippen LogP contribution is 2.24. The molecule has 0 bridgehead atoms. The molecule has 0 amide bonds. The lowest BCUT2D eigenvalue weighted by atomic mass is 9.93. The standard InChI is InChI=1S/C10H17NO2S/c1-4-8(9(12)13)14-6-5-10(2,3)7-11/h8H,4-6H2,1-3H3,(H,12,13). The van der Waals surface area contributed by atoms with Gasteiger partial charge in [0.2, 0.25) is 0 Å². The molecule has 14 heavy (non-hydrogen) atoms. The highest BCUT2D eigenvalue weighted by molar-refractivity contribution is 8.00. The maximum atomic E-state index is 10.7. The van der Waals surface area contributed by atoms with E-state index < -0.39 is 5.97 Å². The third kappa shape index (κ3) is 5.13. The summed E-state index contributed by atoms with van der Waals surface area (Å²) in [5.41, 5.74) is -0.343. The summed E-state index contributed by atoms with van der Waals surface area (Å²) in [7, 11) is 0. The van der Waals surface area contributed by atoms with Gasteiger partial charge in [-0.05, 0) is 32.4 Å². The van der Waals surface area contributed by atoms with Gasteiger partial charge in [0.1, 0.15) is 5.25 Å². The van der Waals surface area contributed by atoms with E-state index in [0.717, 1.165) is 12.2 Å². The van der Waals surface area contributed by atoms with Crippen molar-refractivity contribution < 1.29 is 9.90 Å². The molecule has 3 nitrogen and oxygen atoms in total. The van der Waals surface area contributed by atoms with E-state index in [1.807, 2.05) is 20.8 Å². The average Bonchev–Trinajstić information content (AvgIpc) is 2.12. The molecule has 0 radical (unpaired) electrons. The number of hydrogen-bond acceptors (Lipinski definition) is 3. The number of hydrogen-bond donors (Lipinski definition) is 1. The molecular weight excluding hydrogens is 198 g/mol. The molecular formula is C10H17NO2S. The Morgan fingerprint density at radius 1 is 1.64 bits per heavy atom. The molecule has 0 rings (SSSR count). The van der Waals surface area contributed by atoms with Gasteiger partial charge in [0.25, 0.3) is 0 Å². The molecule has 0 fully saturated rings. The maximum Gasteiger partial charge on any atom is 0.316 e. The highest BCUT2D eigenvalue weighted by atomic mass is 32.2. The molecule has 0 aromatic heterocycles. The molecule has 1 N–H and O–H groups in total. The second-order valence-corrected chi connectivity index (χ2v) is 5.16. The normalized spacial score (nSPS) is 13.3. The highest BCUT2D eigenvalue weighted by Gasteiger charge is 2.19. The van der Waals surface area contributed by atoms with Crippen LogP contribution in [0.15, 0.2) is 0 Å². The predicted octanol–water partition coefficient (Wildman–Crippen LogP) is 2.52. The van der Waals surface area contributed by atoms with Gasteiger partial charge in [0, 0.05) is 0 Å². The predicted molar refractivity (Wildman–Crippen MR) is 58.2 cm³/mol. The third-order valence-corrected chi connectivity index (χ3v) is 3.37. The monoisotopic (exact) mass is 215 g/mol. The van der Waals surface area contributed by atoms with Gasteiger partial charge >= 0.3 is 5.97 Å². The van der Waals surface area contributed by atoms with E-state index in [4.69, 9.17) is 10.4 Å². The summed E-state index contributed by atoms with van der Waals surface area (Å²) >= 11 is 1.42. The Morgan fingerprint density at radius 2 is 2.21 bits per heavy atom. The second-order valence-electron chi connectivity index (χ2n) is 3.85. The lowest BCUT2D eigenvalue weighted by molar-refractivity contribution is -0.136. The van der Waals surface area contributed by atoms with Gasteiger partial charge in [0.05, 0.1) is 11.5 Å². The lowest BCUT2D eigenvalue weighted by Crippen LogP contribution is -2.17. The zero-order valence-electron chi connectivity index (χ0n) is 8.91. The van der Waals surface area contributed by atoms with Gasteiger partial charge in [-0.25, -0.2) is 0 Å². The van der Waals surface area contributed by atoms with Crippen LogP contribution in [0, 0.1) is 16.7 Å². The minimum Gasteiger partial charge on any atom is -0.480 e. The summed E-state index contributed by atoms with van der Waals surface area (Å²) in [5, 5.41) is 17.2. The molecule has 0 aliphatic carbocycles. The van der Waals surface area contributed by atoms with Crippen LogP contribution in [0.2, 0.25) is 0 Å². The fourth-order valence-electron chi connectivity index (χ4n) is 0.876. The number of nitriles is 1. The third-order valence-electron chi connectivity index (χ3n) is 1.99. The molecule has 1 unspecified atom stereocenters. The number of carbonyl (C=O) groups is 1. The Balaban J connectivity index is 3.84. The molecule has 0 aliphatic rings. The first-order valence-corrected chi connectivity index (χ1v) is 5.73. The van der Waals surface area contributed by atoms with E-state index in [-0.39, 0.29) is 10.7 Å². The first kappa shape index (κ1) is 13.3. The average molecular weight is 215 g/mol. The van der Waals surface area contributed by atoms with Crippen molar-refractivity contribution in [3.63, 3.8) is 0 Å². The zero-order valence-corrected chi connectivity index (χ0v) is 9.73. The molecule has 0 saturated heterocycles. The van der Waals surface area contributed by atoms with Crippen LogP contribution in [0.3, 0.4) is 0 Å². The summed E-state index contributed by atoms with van der Waals surface area (Å²) in [4.78, 5) is 10.7. The SMILES string of the molecule is CCC(SCCC(C)(C)C#N)C(=O)O. The topological polar surface area (TPSA) is 61.1 Å². The first-order valence-electron chi connectivity index (χ1n) is 4.68. The van der Waals surface area contributed by atoms with Crippen LogP contribution in [0.25, 0.3) is 0 Å². The molecule has 0 spiro atoms. The number of aliphatic carboxylic acids is 1. The Hall–Kier alpha value is -0.690. The van der Waals surface area contributed by atoms with Gasteiger partial charge < -0.3 is 5.11 Å². The minimum atomic E-state index is -0.757. The van der Waals surface area contributed by atoms with Crippen molar-refractivity contribution in [3.05, 3.63) is 0 Å². The van der Waals surface area contributed by atoms with E-state index in [0.29, 0.717) is 6.42 Å². The second kappa shape index (κ2) is 5.92. The number of carboxylic acid groups (broad SMARTS) is 1. The molecule has 4 heteroatoms.